The zero-order chi connectivity index (χ0) is 39.5. The van der Waals surface area contributed by atoms with E-state index in [4.69, 9.17) is 0 Å². The number of imide groups is 1. The van der Waals surface area contributed by atoms with Crippen LogP contribution in [-0.4, -0.2) is 65.4 Å². The Morgan fingerprint density at radius 2 is 1.68 bits per heavy atom. The number of hydrogen-bond acceptors (Lipinski definition) is 8. The van der Waals surface area contributed by atoms with Crippen molar-refractivity contribution in [3.8, 4) is 0 Å². The fourth-order valence-electron chi connectivity index (χ4n) is 8.91. The van der Waals surface area contributed by atoms with Gasteiger partial charge in [-0.1, -0.05) is 45.1 Å². The molecule has 1 aromatic carbocycles. The highest BCUT2D eigenvalue weighted by Gasteiger charge is 2.32. The Labute approximate surface area is 323 Å². The first-order chi connectivity index (χ1) is 27.0. The number of nitrogens with zero attached hydrogens (tertiary/aromatic N) is 6. The molecule has 3 atom stereocenters. The van der Waals surface area contributed by atoms with Crippen molar-refractivity contribution in [1.29, 1.82) is 0 Å². The number of likely N-dealkylation sites (tertiary alicyclic amines) is 1. The Morgan fingerprint density at radius 3 is 2.39 bits per heavy atom. The minimum absolute atomic E-state index is 0.0511. The number of piperidine rings is 2. The number of rotatable bonds is 14. The van der Waals surface area contributed by atoms with Crippen molar-refractivity contribution in [3.05, 3.63) is 62.4 Å². The van der Waals surface area contributed by atoms with Gasteiger partial charge in [-0.15, -0.1) is 0 Å². The maximum atomic E-state index is 13.8. The van der Waals surface area contributed by atoms with Crippen molar-refractivity contribution >= 4 is 45.7 Å². The van der Waals surface area contributed by atoms with E-state index >= 15 is 0 Å². The summed E-state index contributed by atoms with van der Waals surface area (Å²) in [6.45, 7) is 3.32. The van der Waals surface area contributed by atoms with Crippen LogP contribution in [0.3, 0.4) is 0 Å². The summed E-state index contributed by atoms with van der Waals surface area (Å²) in [7, 11) is 1.71. The number of pyridine rings is 1. The SMILES string of the molecule is CC1CCCC1n1c(=O)c(C(F)F)cc2cnc(NC3CCN(C(=O)CCCCCCCCc4ccc5c(c4)n(C)c(=O)n5C4CCC(=O)NC4=O)CC3)nc21. The number of carbonyl (C=O) groups excluding carboxylic acids is 3. The normalized spacial score (nSPS) is 20.7. The number of alkyl halides is 2. The standard InChI is InChI=1S/C41H52F2N8O5/c1-25-10-9-12-30(25)51-37-27(23-29(36(42)43)39(51)55)24-44-40(47-37)45-28-18-20-49(21-19-28)35(53)13-8-6-4-3-5-7-11-26-14-15-31-33(22-26)48(2)41(56)50(31)32-16-17-34(52)46-38(32)54/h14-15,22-25,28,30,32,36H,3-13,16-21H2,1-2H3,(H,44,45,47)(H,46,52,54). The van der Waals surface area contributed by atoms with E-state index in [0.29, 0.717) is 48.4 Å². The number of aromatic nitrogens is 5. The number of imidazole rings is 1. The molecule has 0 spiro atoms. The Bertz CT molecular complexity index is 2220. The van der Waals surface area contributed by atoms with Crippen LogP contribution >= 0.6 is 0 Å². The van der Waals surface area contributed by atoms with Crippen LogP contribution in [0, 0.1) is 5.92 Å². The maximum absolute atomic E-state index is 13.8. The van der Waals surface area contributed by atoms with E-state index in [1.54, 1.807) is 11.6 Å². The molecule has 4 aromatic rings. The Balaban J connectivity index is 0.821. The van der Waals surface area contributed by atoms with Crippen LogP contribution in [0.25, 0.3) is 22.1 Å². The van der Waals surface area contributed by atoms with Crippen molar-refractivity contribution < 1.29 is 23.2 Å². The van der Waals surface area contributed by atoms with Gasteiger partial charge in [0.05, 0.1) is 16.6 Å². The lowest BCUT2D eigenvalue weighted by Crippen LogP contribution is -2.44. The summed E-state index contributed by atoms with van der Waals surface area (Å²) in [5.74, 6) is -0.0235. The molecule has 0 radical (unpaired) electrons. The molecule has 2 N–H and O–H groups in total. The summed E-state index contributed by atoms with van der Waals surface area (Å²) in [6, 6.07) is 6.33. The van der Waals surface area contributed by atoms with Gasteiger partial charge in [0, 0.05) is 56.6 Å². The molecule has 3 amide bonds. The summed E-state index contributed by atoms with van der Waals surface area (Å²) in [4.78, 5) is 74.3. The predicted octanol–water partition coefficient (Wildman–Crippen LogP) is 6.10. The van der Waals surface area contributed by atoms with Crippen LogP contribution in [-0.2, 0) is 27.9 Å². The minimum Gasteiger partial charge on any atom is -0.351 e. The molecule has 3 aliphatic rings. The summed E-state index contributed by atoms with van der Waals surface area (Å²) >= 11 is 0. The van der Waals surface area contributed by atoms with Crippen LogP contribution < -0.4 is 21.9 Å². The number of halogens is 2. The van der Waals surface area contributed by atoms with Crippen LogP contribution in [0.5, 0.6) is 0 Å². The van der Waals surface area contributed by atoms with Crippen LogP contribution in [0.2, 0.25) is 0 Å². The van der Waals surface area contributed by atoms with E-state index in [9.17, 15) is 32.8 Å². The zero-order valence-corrected chi connectivity index (χ0v) is 32.3. The van der Waals surface area contributed by atoms with E-state index in [2.05, 4.69) is 27.5 Å². The Kier molecular flexibility index (Phi) is 12.0. The fraction of sp³-hybridized carbons (Fsp3) is 0.585. The summed E-state index contributed by atoms with van der Waals surface area (Å²) in [5.41, 5.74) is 1.53. The summed E-state index contributed by atoms with van der Waals surface area (Å²) < 4.78 is 32.1. The molecule has 13 nitrogen and oxygen atoms in total. The lowest BCUT2D eigenvalue weighted by atomic mass is 10.0. The van der Waals surface area contributed by atoms with Gasteiger partial charge in [0.25, 0.3) is 12.0 Å². The molecule has 3 aromatic heterocycles. The monoisotopic (exact) mass is 774 g/mol. The Morgan fingerprint density at radius 1 is 0.929 bits per heavy atom. The zero-order valence-electron chi connectivity index (χ0n) is 32.3. The van der Waals surface area contributed by atoms with E-state index in [1.165, 1.54) is 21.4 Å². The van der Waals surface area contributed by atoms with E-state index in [-0.39, 0.29) is 41.9 Å². The molecule has 5 heterocycles. The Hall–Kier alpha value is -4.95. The minimum atomic E-state index is -2.87. The van der Waals surface area contributed by atoms with Gasteiger partial charge in [-0.25, -0.2) is 18.6 Å². The second-order valence-corrected chi connectivity index (χ2v) is 15.9. The largest absolute Gasteiger partial charge is 0.351 e. The molecule has 3 fully saturated rings. The van der Waals surface area contributed by atoms with Gasteiger partial charge >= 0.3 is 5.69 Å². The van der Waals surface area contributed by atoms with Crippen molar-refractivity contribution in [2.75, 3.05) is 18.4 Å². The highest BCUT2D eigenvalue weighted by Crippen LogP contribution is 2.36. The second-order valence-electron chi connectivity index (χ2n) is 15.9. The maximum Gasteiger partial charge on any atom is 0.329 e. The van der Waals surface area contributed by atoms with Crippen LogP contribution in [0.1, 0.15) is 126 Å². The van der Waals surface area contributed by atoms with E-state index in [0.717, 1.165) is 88.1 Å². The average Bonchev–Trinajstić information content (AvgIpc) is 3.71. The lowest BCUT2D eigenvalue weighted by molar-refractivity contribution is -0.136. The molecule has 2 saturated heterocycles. The van der Waals surface area contributed by atoms with Crippen LogP contribution in [0.4, 0.5) is 14.7 Å². The number of anilines is 1. The van der Waals surface area contributed by atoms with Gasteiger partial charge in [0.15, 0.2) is 0 Å². The smallest absolute Gasteiger partial charge is 0.329 e. The third-order valence-corrected chi connectivity index (χ3v) is 12.1. The average molecular weight is 775 g/mol. The number of carbonyl (C=O) groups is 3. The molecule has 0 bridgehead atoms. The van der Waals surface area contributed by atoms with E-state index < -0.39 is 29.5 Å². The number of unbranched alkanes of at least 4 members (excludes halogenated alkanes) is 5. The highest BCUT2D eigenvalue weighted by atomic mass is 19.3. The molecule has 2 aliphatic heterocycles. The fourth-order valence-corrected chi connectivity index (χ4v) is 8.91. The second kappa shape index (κ2) is 17.0. The third-order valence-electron chi connectivity index (χ3n) is 12.1. The third kappa shape index (κ3) is 8.27. The van der Waals surface area contributed by atoms with Gasteiger partial charge in [0.2, 0.25) is 23.7 Å². The quantitative estimate of drug-likeness (QED) is 0.115. The molecule has 1 aliphatic carbocycles. The topological polar surface area (TPSA) is 153 Å². The molecule has 7 rings (SSSR count). The van der Waals surface area contributed by atoms with E-state index in [1.807, 2.05) is 23.1 Å². The molecule has 56 heavy (non-hydrogen) atoms. The number of aryl methyl sites for hydroxylation is 2. The lowest BCUT2D eigenvalue weighted by Gasteiger charge is -2.32. The van der Waals surface area contributed by atoms with Gasteiger partial charge in [0.1, 0.15) is 11.7 Å². The van der Waals surface area contributed by atoms with Gasteiger partial charge in [-0.2, -0.15) is 4.98 Å². The summed E-state index contributed by atoms with van der Waals surface area (Å²) in [5, 5.41) is 6.14. The number of benzene rings is 1. The highest BCUT2D eigenvalue weighted by molar-refractivity contribution is 6.00. The number of nitrogens with one attached hydrogen (secondary N) is 2. The van der Waals surface area contributed by atoms with Gasteiger partial charge in [-0.3, -0.25) is 38.2 Å². The van der Waals surface area contributed by atoms with Crippen molar-refractivity contribution in [3.63, 3.8) is 0 Å². The molecule has 3 unspecified atom stereocenters. The van der Waals surface area contributed by atoms with Gasteiger partial charge in [-0.05, 0) is 81.0 Å². The molecule has 1 saturated carbocycles. The van der Waals surface area contributed by atoms with Gasteiger partial charge < -0.3 is 10.2 Å². The summed E-state index contributed by atoms with van der Waals surface area (Å²) in [6.07, 6.45) is 10.7. The molecule has 15 heteroatoms. The van der Waals surface area contributed by atoms with Crippen molar-refractivity contribution in [1.82, 2.24) is 33.9 Å². The molecular formula is C41H52F2N8O5. The molecule has 300 valence electrons. The van der Waals surface area contributed by atoms with Crippen molar-refractivity contribution in [2.24, 2.45) is 13.0 Å². The first kappa shape index (κ1) is 39.3. The number of amides is 3. The van der Waals surface area contributed by atoms with Crippen LogP contribution in [0.15, 0.2) is 40.1 Å². The molecular weight excluding hydrogens is 722 g/mol. The predicted molar refractivity (Wildman–Crippen MR) is 209 cm³/mol. The first-order valence-corrected chi connectivity index (χ1v) is 20.3. The number of fused-ring (bicyclic) bond motifs is 2. The first-order valence-electron chi connectivity index (χ1n) is 20.3. The van der Waals surface area contributed by atoms with Crippen molar-refractivity contribution in [2.45, 2.75) is 128 Å². The number of hydrogen-bond donors (Lipinski definition) is 2.